The third kappa shape index (κ3) is 2.93. The molecular weight excluding hydrogens is 236 g/mol. The Kier molecular flexibility index (Phi) is 3.86. The fourth-order valence-corrected chi connectivity index (χ4v) is 2.27. The van der Waals surface area contributed by atoms with Gasteiger partial charge in [-0.2, -0.15) is 0 Å². The molecule has 0 bridgehead atoms. The van der Waals surface area contributed by atoms with Crippen LogP contribution < -0.4 is 5.73 Å². The number of nitrogen functional groups attached to an aromatic ring is 1. The first-order chi connectivity index (χ1) is 8.99. The Balaban J connectivity index is 2.28. The fourth-order valence-electron chi connectivity index (χ4n) is 2.27. The predicted molar refractivity (Wildman–Crippen MR) is 78.0 cm³/mol. The lowest BCUT2D eigenvalue weighted by atomic mass is 9.94. The summed E-state index contributed by atoms with van der Waals surface area (Å²) in [4.78, 5) is 4.06. The van der Waals surface area contributed by atoms with E-state index >= 15 is 0 Å². The van der Waals surface area contributed by atoms with Gasteiger partial charge >= 0.3 is 0 Å². The second-order valence-electron chi connectivity index (χ2n) is 5.09. The van der Waals surface area contributed by atoms with E-state index in [0.29, 0.717) is 12.1 Å². The number of rotatable bonds is 3. The maximum absolute atomic E-state index is 10.4. The van der Waals surface area contributed by atoms with E-state index < -0.39 is 6.10 Å². The molecule has 1 aromatic carbocycles. The molecule has 1 aromatic heterocycles. The molecule has 100 valence electrons. The summed E-state index contributed by atoms with van der Waals surface area (Å²) in [5.74, 6) is 0. The van der Waals surface area contributed by atoms with Crippen molar-refractivity contribution < 1.29 is 5.11 Å². The summed E-state index contributed by atoms with van der Waals surface area (Å²) in [6.07, 6.45) is 3.32. The van der Waals surface area contributed by atoms with Crippen molar-refractivity contribution in [2.75, 3.05) is 5.73 Å². The molecule has 2 aromatic rings. The molecule has 0 aliphatic heterocycles. The molecule has 3 heteroatoms. The third-order valence-corrected chi connectivity index (χ3v) is 3.60. The van der Waals surface area contributed by atoms with Gasteiger partial charge in [-0.1, -0.05) is 12.1 Å². The Hall–Kier alpha value is -1.87. The van der Waals surface area contributed by atoms with E-state index in [1.165, 1.54) is 11.1 Å². The lowest BCUT2D eigenvalue weighted by molar-refractivity contribution is 0.177. The number of aryl methyl sites for hydroxylation is 3. The molecule has 1 heterocycles. The Morgan fingerprint density at radius 2 is 1.84 bits per heavy atom. The summed E-state index contributed by atoms with van der Waals surface area (Å²) < 4.78 is 0. The normalized spacial score (nSPS) is 12.4. The molecular formula is C16H20N2O. The summed E-state index contributed by atoms with van der Waals surface area (Å²) in [6, 6.07) is 5.93. The number of nitrogens with two attached hydrogens (primary N) is 1. The van der Waals surface area contributed by atoms with E-state index in [4.69, 9.17) is 5.73 Å². The molecule has 0 amide bonds. The van der Waals surface area contributed by atoms with E-state index in [2.05, 4.69) is 31.0 Å². The zero-order valence-electron chi connectivity index (χ0n) is 11.6. The van der Waals surface area contributed by atoms with Crippen molar-refractivity contribution in [1.29, 1.82) is 0 Å². The van der Waals surface area contributed by atoms with Crippen LogP contribution in [0.1, 0.15) is 33.9 Å². The van der Waals surface area contributed by atoms with Gasteiger partial charge in [0, 0.05) is 24.5 Å². The van der Waals surface area contributed by atoms with Crippen molar-refractivity contribution in [3.63, 3.8) is 0 Å². The number of hydrogen-bond acceptors (Lipinski definition) is 3. The minimum absolute atomic E-state index is 0.489. The highest BCUT2D eigenvalue weighted by Crippen LogP contribution is 2.26. The van der Waals surface area contributed by atoms with Crippen LogP contribution >= 0.6 is 0 Å². The highest BCUT2D eigenvalue weighted by Gasteiger charge is 2.14. The number of aromatic nitrogens is 1. The van der Waals surface area contributed by atoms with Crippen LogP contribution in [0.4, 0.5) is 5.69 Å². The van der Waals surface area contributed by atoms with Crippen LogP contribution in [0.15, 0.2) is 30.6 Å². The molecule has 0 fully saturated rings. The average Bonchev–Trinajstić information content (AvgIpc) is 2.36. The maximum atomic E-state index is 10.4. The first-order valence-electron chi connectivity index (χ1n) is 6.43. The predicted octanol–water partition coefficient (Wildman–Crippen LogP) is 2.87. The van der Waals surface area contributed by atoms with E-state index in [9.17, 15) is 5.11 Å². The average molecular weight is 256 g/mol. The van der Waals surface area contributed by atoms with Crippen LogP contribution in [-0.4, -0.2) is 10.1 Å². The quantitative estimate of drug-likeness (QED) is 0.887. The molecule has 19 heavy (non-hydrogen) atoms. The van der Waals surface area contributed by atoms with Gasteiger partial charge in [-0.15, -0.1) is 0 Å². The zero-order valence-corrected chi connectivity index (χ0v) is 11.6. The summed E-state index contributed by atoms with van der Waals surface area (Å²) in [6.45, 7) is 6.17. The van der Waals surface area contributed by atoms with Crippen molar-refractivity contribution in [2.24, 2.45) is 0 Å². The van der Waals surface area contributed by atoms with Crippen LogP contribution in [-0.2, 0) is 6.42 Å². The third-order valence-electron chi connectivity index (χ3n) is 3.60. The molecule has 0 radical (unpaired) electrons. The van der Waals surface area contributed by atoms with Crippen LogP contribution in [0.5, 0.6) is 0 Å². The Labute approximate surface area is 114 Å². The van der Waals surface area contributed by atoms with Crippen LogP contribution in [0, 0.1) is 20.8 Å². The lowest BCUT2D eigenvalue weighted by Crippen LogP contribution is -2.07. The minimum Gasteiger partial charge on any atom is -0.398 e. The van der Waals surface area contributed by atoms with Gasteiger partial charge in [0.05, 0.1) is 6.10 Å². The second-order valence-corrected chi connectivity index (χ2v) is 5.09. The molecule has 3 N–H and O–H groups in total. The van der Waals surface area contributed by atoms with Gasteiger partial charge in [-0.25, -0.2) is 0 Å². The van der Waals surface area contributed by atoms with E-state index in [-0.39, 0.29) is 0 Å². The number of anilines is 1. The van der Waals surface area contributed by atoms with Gasteiger partial charge in [0.15, 0.2) is 0 Å². The monoisotopic (exact) mass is 256 g/mol. The first kappa shape index (κ1) is 13.6. The molecule has 0 spiro atoms. The largest absolute Gasteiger partial charge is 0.398 e. The molecule has 1 unspecified atom stereocenters. The van der Waals surface area contributed by atoms with Gasteiger partial charge in [-0.05, 0) is 54.7 Å². The number of aliphatic hydroxyl groups excluding tert-OH is 1. The van der Waals surface area contributed by atoms with Gasteiger partial charge in [0.1, 0.15) is 0 Å². The molecule has 0 aliphatic carbocycles. The summed E-state index contributed by atoms with van der Waals surface area (Å²) in [7, 11) is 0. The Morgan fingerprint density at radius 1 is 1.16 bits per heavy atom. The second kappa shape index (κ2) is 5.41. The van der Waals surface area contributed by atoms with Gasteiger partial charge in [-0.3, -0.25) is 4.98 Å². The van der Waals surface area contributed by atoms with Crippen LogP contribution in [0.2, 0.25) is 0 Å². The first-order valence-corrected chi connectivity index (χ1v) is 6.43. The molecule has 1 atom stereocenters. The minimum atomic E-state index is -0.550. The SMILES string of the molecule is Cc1cc(C)c(C(O)Cc2cnccc2N)cc1C. The summed E-state index contributed by atoms with van der Waals surface area (Å²) >= 11 is 0. The smallest absolute Gasteiger partial charge is 0.0834 e. The molecule has 0 saturated carbocycles. The number of aliphatic hydroxyl groups is 1. The van der Waals surface area contributed by atoms with Crippen LogP contribution in [0.25, 0.3) is 0 Å². The Morgan fingerprint density at radius 3 is 2.53 bits per heavy atom. The highest BCUT2D eigenvalue weighted by atomic mass is 16.3. The summed E-state index contributed by atoms with van der Waals surface area (Å²) in [5.41, 5.74) is 12.0. The molecule has 3 nitrogen and oxygen atoms in total. The molecule has 0 saturated heterocycles. The standard InChI is InChI=1S/C16H20N2O/c1-10-6-12(3)14(7-11(10)2)16(19)8-13-9-18-5-4-15(13)17/h4-7,9,16,19H,8H2,1-3H3,(H2,17,18). The lowest BCUT2D eigenvalue weighted by Gasteiger charge is -2.16. The van der Waals surface area contributed by atoms with Crippen molar-refractivity contribution >= 4 is 5.69 Å². The van der Waals surface area contributed by atoms with Gasteiger partial charge < -0.3 is 10.8 Å². The number of pyridine rings is 1. The number of hydrogen-bond donors (Lipinski definition) is 2. The summed E-state index contributed by atoms with van der Waals surface area (Å²) in [5, 5.41) is 10.4. The van der Waals surface area contributed by atoms with E-state index in [0.717, 1.165) is 16.7 Å². The molecule has 0 aliphatic rings. The highest BCUT2D eigenvalue weighted by molar-refractivity contribution is 5.46. The maximum Gasteiger partial charge on any atom is 0.0834 e. The van der Waals surface area contributed by atoms with Gasteiger partial charge in [0.25, 0.3) is 0 Å². The van der Waals surface area contributed by atoms with Crippen molar-refractivity contribution in [2.45, 2.75) is 33.3 Å². The van der Waals surface area contributed by atoms with Crippen molar-refractivity contribution in [3.05, 3.63) is 58.4 Å². The van der Waals surface area contributed by atoms with E-state index in [1.54, 1.807) is 18.5 Å². The number of benzene rings is 1. The number of nitrogens with zero attached hydrogens (tertiary/aromatic N) is 1. The zero-order chi connectivity index (χ0) is 14.0. The van der Waals surface area contributed by atoms with E-state index in [1.807, 2.05) is 6.92 Å². The van der Waals surface area contributed by atoms with Crippen molar-refractivity contribution in [3.8, 4) is 0 Å². The molecule has 2 rings (SSSR count). The Bertz CT molecular complexity index is 593. The van der Waals surface area contributed by atoms with Crippen molar-refractivity contribution in [1.82, 2.24) is 4.98 Å². The fraction of sp³-hybridized carbons (Fsp3) is 0.312. The van der Waals surface area contributed by atoms with Gasteiger partial charge in [0.2, 0.25) is 0 Å². The topological polar surface area (TPSA) is 59.1 Å². The van der Waals surface area contributed by atoms with Crippen LogP contribution in [0.3, 0.4) is 0 Å².